The monoisotopic (exact) mass is 254 g/mol. The Hall–Kier alpha value is -1.10. The van der Waals surface area contributed by atoms with E-state index in [0.29, 0.717) is 5.69 Å². The smallest absolute Gasteiger partial charge is 0.309 e. The van der Waals surface area contributed by atoms with Gasteiger partial charge in [0.25, 0.3) is 0 Å². The molecule has 0 bridgehead atoms. The molecule has 4 nitrogen and oxygen atoms in total. The van der Waals surface area contributed by atoms with Gasteiger partial charge in [-0.1, -0.05) is 13.3 Å². The first-order chi connectivity index (χ1) is 8.19. The molecular weight excluding hydrogens is 236 g/mol. The number of nitrogens with zero attached hydrogens (tertiary/aromatic N) is 2. The van der Waals surface area contributed by atoms with Crippen molar-refractivity contribution in [1.82, 2.24) is 4.98 Å². The maximum atomic E-state index is 10.6. The van der Waals surface area contributed by atoms with E-state index in [2.05, 4.69) is 16.8 Å². The minimum atomic E-state index is -0.813. The molecule has 2 heterocycles. The van der Waals surface area contributed by atoms with Gasteiger partial charge in [-0.05, 0) is 18.8 Å². The van der Waals surface area contributed by atoms with Crippen LogP contribution in [0.15, 0.2) is 5.38 Å². The molecule has 0 aromatic carbocycles. The standard InChI is InChI=1S/C12H18N2O2S/c1-2-3-9-4-5-14(7-9)12-13-10(8-17-12)6-11(15)16/h8-9H,2-7H2,1H3,(H,15,16). The second kappa shape index (κ2) is 5.49. The van der Waals surface area contributed by atoms with Gasteiger partial charge in [0.05, 0.1) is 12.1 Å². The van der Waals surface area contributed by atoms with Crippen molar-refractivity contribution in [2.75, 3.05) is 18.0 Å². The molecule has 1 atom stereocenters. The van der Waals surface area contributed by atoms with Crippen LogP contribution in [0, 0.1) is 5.92 Å². The molecular formula is C12H18N2O2S. The van der Waals surface area contributed by atoms with Crippen LogP contribution in [0.1, 0.15) is 31.9 Å². The predicted octanol–water partition coefficient (Wildman–Crippen LogP) is 2.40. The zero-order valence-electron chi connectivity index (χ0n) is 10.1. The van der Waals surface area contributed by atoms with Crippen LogP contribution in [-0.4, -0.2) is 29.1 Å². The Morgan fingerprint density at radius 2 is 2.53 bits per heavy atom. The molecule has 1 N–H and O–H groups in total. The number of carbonyl (C=O) groups is 1. The van der Waals surface area contributed by atoms with Gasteiger partial charge in [0.2, 0.25) is 0 Å². The summed E-state index contributed by atoms with van der Waals surface area (Å²) in [5.74, 6) is -0.0287. The van der Waals surface area contributed by atoms with Gasteiger partial charge in [-0.15, -0.1) is 11.3 Å². The lowest BCUT2D eigenvalue weighted by molar-refractivity contribution is -0.136. The quantitative estimate of drug-likeness (QED) is 0.876. The highest BCUT2D eigenvalue weighted by atomic mass is 32.1. The van der Waals surface area contributed by atoms with Gasteiger partial charge in [0.1, 0.15) is 0 Å². The number of hydrogen-bond donors (Lipinski definition) is 1. The Morgan fingerprint density at radius 1 is 1.71 bits per heavy atom. The summed E-state index contributed by atoms with van der Waals surface area (Å²) in [4.78, 5) is 17.3. The average Bonchev–Trinajstić information content (AvgIpc) is 2.86. The van der Waals surface area contributed by atoms with Crippen molar-refractivity contribution in [1.29, 1.82) is 0 Å². The minimum Gasteiger partial charge on any atom is -0.481 e. The summed E-state index contributed by atoms with van der Waals surface area (Å²) >= 11 is 1.56. The van der Waals surface area contributed by atoms with Crippen molar-refractivity contribution in [3.8, 4) is 0 Å². The summed E-state index contributed by atoms with van der Waals surface area (Å²) in [5, 5.41) is 11.5. The number of carboxylic acids is 1. The molecule has 1 aliphatic rings. The van der Waals surface area contributed by atoms with Gasteiger partial charge in [-0.3, -0.25) is 4.79 Å². The second-order valence-corrected chi connectivity index (χ2v) is 5.42. The van der Waals surface area contributed by atoms with E-state index in [1.165, 1.54) is 19.3 Å². The van der Waals surface area contributed by atoms with Crippen LogP contribution in [0.25, 0.3) is 0 Å². The molecule has 0 amide bonds. The van der Waals surface area contributed by atoms with E-state index >= 15 is 0 Å². The highest BCUT2D eigenvalue weighted by Crippen LogP contribution is 2.28. The van der Waals surface area contributed by atoms with Crippen molar-refractivity contribution >= 4 is 22.4 Å². The van der Waals surface area contributed by atoms with Crippen LogP contribution in [-0.2, 0) is 11.2 Å². The molecule has 1 aromatic rings. The lowest BCUT2D eigenvalue weighted by atomic mass is 10.0. The van der Waals surface area contributed by atoms with E-state index in [9.17, 15) is 4.79 Å². The first-order valence-corrected chi connectivity index (χ1v) is 6.98. The molecule has 0 saturated carbocycles. The summed E-state index contributed by atoms with van der Waals surface area (Å²) in [6.45, 7) is 4.36. The van der Waals surface area contributed by atoms with Gasteiger partial charge in [0.15, 0.2) is 5.13 Å². The van der Waals surface area contributed by atoms with Crippen LogP contribution >= 0.6 is 11.3 Å². The SMILES string of the molecule is CCCC1CCN(c2nc(CC(=O)O)cs2)C1. The summed E-state index contributed by atoms with van der Waals surface area (Å²) in [6.07, 6.45) is 3.79. The molecule has 1 unspecified atom stereocenters. The lowest BCUT2D eigenvalue weighted by Crippen LogP contribution is -2.19. The van der Waals surface area contributed by atoms with E-state index in [-0.39, 0.29) is 6.42 Å². The van der Waals surface area contributed by atoms with Gasteiger partial charge in [-0.2, -0.15) is 0 Å². The van der Waals surface area contributed by atoms with Gasteiger partial charge < -0.3 is 10.0 Å². The van der Waals surface area contributed by atoms with Crippen molar-refractivity contribution in [3.63, 3.8) is 0 Å². The van der Waals surface area contributed by atoms with E-state index < -0.39 is 5.97 Å². The van der Waals surface area contributed by atoms with Crippen molar-refractivity contribution in [2.45, 2.75) is 32.6 Å². The summed E-state index contributed by atoms with van der Waals surface area (Å²) < 4.78 is 0. The van der Waals surface area contributed by atoms with E-state index in [1.54, 1.807) is 11.3 Å². The Morgan fingerprint density at radius 3 is 3.24 bits per heavy atom. The van der Waals surface area contributed by atoms with Crippen LogP contribution in [0.2, 0.25) is 0 Å². The van der Waals surface area contributed by atoms with Crippen LogP contribution in [0.4, 0.5) is 5.13 Å². The van der Waals surface area contributed by atoms with Crippen LogP contribution < -0.4 is 4.90 Å². The third kappa shape index (κ3) is 3.19. The lowest BCUT2D eigenvalue weighted by Gasteiger charge is -2.14. The molecule has 1 aliphatic heterocycles. The van der Waals surface area contributed by atoms with E-state index in [0.717, 1.165) is 24.1 Å². The molecule has 0 radical (unpaired) electrons. The van der Waals surface area contributed by atoms with Crippen LogP contribution in [0.3, 0.4) is 0 Å². The van der Waals surface area contributed by atoms with Crippen molar-refractivity contribution in [2.24, 2.45) is 5.92 Å². The van der Waals surface area contributed by atoms with Gasteiger partial charge in [0, 0.05) is 18.5 Å². The zero-order valence-corrected chi connectivity index (χ0v) is 10.9. The van der Waals surface area contributed by atoms with E-state index in [4.69, 9.17) is 5.11 Å². The molecule has 1 aromatic heterocycles. The molecule has 17 heavy (non-hydrogen) atoms. The summed E-state index contributed by atoms with van der Waals surface area (Å²) in [6, 6.07) is 0. The topological polar surface area (TPSA) is 53.4 Å². The average molecular weight is 254 g/mol. The number of carboxylic acid groups (broad SMARTS) is 1. The highest BCUT2D eigenvalue weighted by Gasteiger charge is 2.23. The largest absolute Gasteiger partial charge is 0.481 e. The highest BCUT2D eigenvalue weighted by molar-refractivity contribution is 7.13. The predicted molar refractivity (Wildman–Crippen MR) is 68.7 cm³/mol. The molecule has 0 spiro atoms. The number of thiazole rings is 1. The first-order valence-electron chi connectivity index (χ1n) is 6.10. The fourth-order valence-corrected chi connectivity index (χ4v) is 3.19. The van der Waals surface area contributed by atoms with Gasteiger partial charge in [-0.25, -0.2) is 4.98 Å². The van der Waals surface area contributed by atoms with Gasteiger partial charge >= 0.3 is 5.97 Å². The molecule has 1 saturated heterocycles. The Kier molecular flexibility index (Phi) is 3.99. The normalized spacial score (nSPS) is 19.8. The maximum absolute atomic E-state index is 10.6. The summed E-state index contributed by atoms with van der Waals surface area (Å²) in [5.41, 5.74) is 0.677. The molecule has 1 fully saturated rings. The maximum Gasteiger partial charge on any atom is 0.309 e. The third-order valence-corrected chi connectivity index (χ3v) is 4.08. The second-order valence-electron chi connectivity index (χ2n) is 4.58. The number of rotatable bonds is 5. The fourth-order valence-electron chi connectivity index (χ4n) is 2.33. The Balaban J connectivity index is 1.94. The first kappa shape index (κ1) is 12.4. The van der Waals surface area contributed by atoms with Crippen molar-refractivity contribution in [3.05, 3.63) is 11.1 Å². The molecule has 0 aliphatic carbocycles. The van der Waals surface area contributed by atoms with E-state index in [1.807, 2.05) is 5.38 Å². The number of aliphatic carboxylic acids is 1. The van der Waals surface area contributed by atoms with Crippen molar-refractivity contribution < 1.29 is 9.90 Å². The number of aromatic nitrogens is 1. The zero-order chi connectivity index (χ0) is 12.3. The number of anilines is 1. The number of hydrogen-bond acceptors (Lipinski definition) is 4. The van der Waals surface area contributed by atoms with Crippen LogP contribution in [0.5, 0.6) is 0 Å². The molecule has 94 valence electrons. The molecule has 5 heteroatoms. The Labute approximate surface area is 105 Å². The summed E-state index contributed by atoms with van der Waals surface area (Å²) in [7, 11) is 0. The minimum absolute atomic E-state index is 0.0305. The Bertz CT molecular complexity index is 392. The third-order valence-electron chi connectivity index (χ3n) is 3.13. The fraction of sp³-hybridized carbons (Fsp3) is 0.667. The molecule has 2 rings (SSSR count).